The Morgan fingerprint density at radius 1 is 0.667 bits per heavy atom. The van der Waals surface area contributed by atoms with Crippen LogP contribution in [0.5, 0.6) is 5.75 Å². The fraction of sp³-hybridized carbons (Fsp3) is 0.200. The molecule has 1 N–H and O–H groups in total. The zero-order valence-electron chi connectivity index (χ0n) is 11.0. The molecule has 0 aliphatic heterocycles. The number of phenolic OH excluding ortho intramolecular Hbond substituents is 1. The lowest BCUT2D eigenvalue weighted by Gasteiger charge is -2.21. The van der Waals surface area contributed by atoms with E-state index in [1.54, 1.807) is 12.1 Å². The van der Waals surface area contributed by atoms with Gasteiger partial charge in [-0.1, -0.05) is 0 Å². The summed E-state index contributed by atoms with van der Waals surface area (Å²) in [5, 5.41) is 9.28. The Morgan fingerprint density at radius 2 is 1.06 bits per heavy atom. The third kappa shape index (κ3) is 2.56. The van der Waals surface area contributed by atoms with Crippen LogP contribution < -0.4 is 9.80 Å². The highest BCUT2D eigenvalue weighted by atomic mass is 16.3. The molecule has 0 saturated heterocycles. The molecule has 0 spiro atoms. The maximum absolute atomic E-state index is 9.28. The van der Waals surface area contributed by atoms with E-state index in [9.17, 15) is 5.11 Å². The van der Waals surface area contributed by atoms with Crippen molar-refractivity contribution in [3.8, 4) is 5.75 Å². The molecule has 0 heterocycles. The van der Waals surface area contributed by atoms with Crippen molar-refractivity contribution >= 4 is 17.1 Å². The van der Waals surface area contributed by atoms with Crippen LogP contribution >= 0.6 is 0 Å². The summed E-state index contributed by atoms with van der Waals surface area (Å²) in [6, 6.07) is 15.5. The fourth-order valence-corrected chi connectivity index (χ4v) is 1.80. The van der Waals surface area contributed by atoms with Crippen molar-refractivity contribution in [2.24, 2.45) is 0 Å². The zero-order valence-corrected chi connectivity index (χ0v) is 11.0. The predicted molar refractivity (Wildman–Crippen MR) is 76.9 cm³/mol. The van der Waals surface area contributed by atoms with Gasteiger partial charge in [0.05, 0.1) is 0 Å². The summed E-state index contributed by atoms with van der Waals surface area (Å²) in [6.45, 7) is 0. The van der Waals surface area contributed by atoms with E-state index < -0.39 is 0 Å². The number of phenols is 1. The molecule has 0 unspecified atom stereocenters. The zero-order chi connectivity index (χ0) is 13.1. The normalized spacial score (nSPS) is 10.2. The second-order valence-electron chi connectivity index (χ2n) is 4.49. The highest BCUT2D eigenvalue weighted by Gasteiger charge is 2.04. The van der Waals surface area contributed by atoms with Gasteiger partial charge in [0.25, 0.3) is 0 Å². The van der Waals surface area contributed by atoms with Gasteiger partial charge in [0.1, 0.15) is 5.75 Å². The van der Waals surface area contributed by atoms with Crippen LogP contribution in [0.3, 0.4) is 0 Å². The molecule has 0 fully saturated rings. The van der Waals surface area contributed by atoms with Gasteiger partial charge in [-0.2, -0.15) is 0 Å². The third-order valence-electron chi connectivity index (χ3n) is 2.99. The van der Waals surface area contributed by atoms with Crippen LogP contribution in [0.4, 0.5) is 17.1 Å². The Kier molecular flexibility index (Phi) is 3.42. The van der Waals surface area contributed by atoms with E-state index in [0.29, 0.717) is 0 Å². The van der Waals surface area contributed by atoms with Gasteiger partial charge >= 0.3 is 0 Å². The lowest BCUT2D eigenvalue weighted by atomic mass is 10.2. The van der Waals surface area contributed by atoms with Gasteiger partial charge < -0.3 is 14.9 Å². The molecule has 0 aliphatic rings. The van der Waals surface area contributed by atoms with E-state index in [1.165, 1.54) is 5.69 Å². The van der Waals surface area contributed by atoms with Crippen LogP contribution in [-0.4, -0.2) is 26.2 Å². The SMILES string of the molecule is CN(C)c1ccc(N(C)c2ccc(O)cc2)cc1. The van der Waals surface area contributed by atoms with Crippen molar-refractivity contribution < 1.29 is 5.11 Å². The number of aromatic hydroxyl groups is 1. The molecule has 3 heteroatoms. The van der Waals surface area contributed by atoms with E-state index in [1.807, 2.05) is 33.3 Å². The molecule has 0 aliphatic carbocycles. The van der Waals surface area contributed by atoms with E-state index in [-0.39, 0.29) is 5.75 Å². The number of benzene rings is 2. The molecule has 18 heavy (non-hydrogen) atoms. The minimum Gasteiger partial charge on any atom is -0.508 e. The van der Waals surface area contributed by atoms with E-state index in [2.05, 4.69) is 34.1 Å². The number of anilines is 3. The molecule has 0 aromatic heterocycles. The summed E-state index contributed by atoms with van der Waals surface area (Å²) in [6.07, 6.45) is 0. The molecule has 0 atom stereocenters. The number of nitrogens with zero attached hydrogens (tertiary/aromatic N) is 2. The summed E-state index contributed by atoms with van der Waals surface area (Å²) in [5.74, 6) is 0.287. The smallest absolute Gasteiger partial charge is 0.115 e. The monoisotopic (exact) mass is 242 g/mol. The first-order valence-electron chi connectivity index (χ1n) is 5.88. The van der Waals surface area contributed by atoms with Crippen molar-refractivity contribution in [3.05, 3.63) is 48.5 Å². The van der Waals surface area contributed by atoms with Crippen LogP contribution in [0.25, 0.3) is 0 Å². The van der Waals surface area contributed by atoms with E-state index in [4.69, 9.17) is 0 Å². The number of hydrogen-bond acceptors (Lipinski definition) is 3. The van der Waals surface area contributed by atoms with Gasteiger partial charge in [-0.05, 0) is 48.5 Å². The van der Waals surface area contributed by atoms with Gasteiger partial charge in [-0.15, -0.1) is 0 Å². The molecule has 2 aromatic carbocycles. The Labute approximate surface area is 108 Å². The van der Waals surface area contributed by atoms with Crippen LogP contribution in [0, 0.1) is 0 Å². The molecule has 0 amide bonds. The van der Waals surface area contributed by atoms with Crippen molar-refractivity contribution in [1.82, 2.24) is 0 Å². The Morgan fingerprint density at radius 3 is 1.50 bits per heavy atom. The number of rotatable bonds is 3. The fourth-order valence-electron chi connectivity index (χ4n) is 1.80. The van der Waals surface area contributed by atoms with Gasteiger partial charge in [-0.25, -0.2) is 0 Å². The number of hydrogen-bond donors (Lipinski definition) is 1. The molecule has 2 aromatic rings. The summed E-state index contributed by atoms with van der Waals surface area (Å²) < 4.78 is 0. The highest BCUT2D eigenvalue weighted by Crippen LogP contribution is 2.26. The largest absolute Gasteiger partial charge is 0.508 e. The summed E-state index contributed by atoms with van der Waals surface area (Å²) >= 11 is 0. The maximum Gasteiger partial charge on any atom is 0.115 e. The van der Waals surface area contributed by atoms with Gasteiger partial charge in [0.15, 0.2) is 0 Å². The third-order valence-corrected chi connectivity index (χ3v) is 2.99. The molecule has 3 nitrogen and oxygen atoms in total. The molecule has 0 bridgehead atoms. The topological polar surface area (TPSA) is 26.7 Å². The van der Waals surface area contributed by atoms with Crippen LogP contribution in [-0.2, 0) is 0 Å². The molecule has 0 saturated carbocycles. The van der Waals surface area contributed by atoms with Gasteiger partial charge in [0, 0.05) is 38.2 Å². The summed E-state index contributed by atoms with van der Waals surface area (Å²) in [4.78, 5) is 4.16. The van der Waals surface area contributed by atoms with Crippen molar-refractivity contribution in [1.29, 1.82) is 0 Å². The lowest BCUT2D eigenvalue weighted by Crippen LogP contribution is -2.11. The molecule has 0 radical (unpaired) electrons. The standard InChI is InChI=1S/C15H18N2O/c1-16(2)12-4-6-13(7-5-12)17(3)14-8-10-15(18)11-9-14/h4-11,18H,1-3H3. The molecular formula is C15H18N2O. The second-order valence-corrected chi connectivity index (χ2v) is 4.49. The Balaban J connectivity index is 2.23. The Hall–Kier alpha value is -2.16. The maximum atomic E-state index is 9.28. The summed E-state index contributed by atoms with van der Waals surface area (Å²) in [7, 11) is 6.06. The lowest BCUT2D eigenvalue weighted by molar-refractivity contribution is 0.475. The molecular weight excluding hydrogens is 224 g/mol. The van der Waals surface area contributed by atoms with Crippen molar-refractivity contribution in [3.63, 3.8) is 0 Å². The summed E-state index contributed by atoms with van der Waals surface area (Å²) in [5.41, 5.74) is 3.34. The van der Waals surface area contributed by atoms with Gasteiger partial charge in [-0.3, -0.25) is 0 Å². The second kappa shape index (κ2) is 5.00. The first-order valence-corrected chi connectivity index (χ1v) is 5.88. The van der Waals surface area contributed by atoms with Crippen molar-refractivity contribution in [2.75, 3.05) is 30.9 Å². The van der Waals surface area contributed by atoms with Crippen molar-refractivity contribution in [2.45, 2.75) is 0 Å². The minimum absolute atomic E-state index is 0.287. The first-order chi connectivity index (χ1) is 8.58. The molecule has 94 valence electrons. The predicted octanol–water partition coefficient (Wildman–Crippen LogP) is 3.23. The van der Waals surface area contributed by atoms with Gasteiger partial charge in [0.2, 0.25) is 0 Å². The van der Waals surface area contributed by atoms with E-state index >= 15 is 0 Å². The average molecular weight is 242 g/mol. The first kappa shape index (κ1) is 12.3. The quantitative estimate of drug-likeness (QED) is 0.895. The minimum atomic E-state index is 0.287. The Bertz CT molecular complexity index is 503. The molecule has 2 rings (SSSR count). The average Bonchev–Trinajstić information content (AvgIpc) is 2.39. The highest BCUT2D eigenvalue weighted by molar-refractivity contribution is 5.65. The van der Waals surface area contributed by atoms with Crippen LogP contribution in [0.15, 0.2) is 48.5 Å². The van der Waals surface area contributed by atoms with Crippen LogP contribution in [0.2, 0.25) is 0 Å². The van der Waals surface area contributed by atoms with Crippen LogP contribution in [0.1, 0.15) is 0 Å². The van der Waals surface area contributed by atoms with E-state index in [0.717, 1.165) is 11.4 Å².